The maximum absolute atomic E-state index is 12.9. The van der Waals surface area contributed by atoms with E-state index in [0.29, 0.717) is 30.6 Å². The summed E-state index contributed by atoms with van der Waals surface area (Å²) < 4.78 is 3.56. The minimum Gasteiger partial charge on any atom is -0.349 e. The van der Waals surface area contributed by atoms with Crippen LogP contribution in [0, 0.1) is 0 Å². The van der Waals surface area contributed by atoms with E-state index in [1.54, 1.807) is 10.8 Å². The molecule has 0 saturated heterocycles. The molecule has 0 fully saturated rings. The van der Waals surface area contributed by atoms with Gasteiger partial charge in [0.25, 0.3) is 5.56 Å². The van der Waals surface area contributed by atoms with Crippen LogP contribution in [0.3, 0.4) is 0 Å². The SMILES string of the molecule is O=C(CCCn1c(=O)c2cccn2c2cccnc21)N[C@H]1CCCc2ccccc21. The fourth-order valence-corrected chi connectivity index (χ4v) is 4.56. The molecule has 6 heteroatoms. The molecule has 4 aromatic rings. The molecule has 1 aliphatic carbocycles. The van der Waals surface area contributed by atoms with Crippen molar-refractivity contribution in [3.8, 4) is 0 Å². The van der Waals surface area contributed by atoms with Crippen LogP contribution in [0.5, 0.6) is 0 Å². The van der Waals surface area contributed by atoms with E-state index in [-0.39, 0.29) is 17.5 Å². The molecule has 3 heterocycles. The van der Waals surface area contributed by atoms with Gasteiger partial charge in [0.05, 0.1) is 11.6 Å². The largest absolute Gasteiger partial charge is 0.349 e. The number of nitrogens with zero attached hydrogens (tertiary/aromatic N) is 3. The van der Waals surface area contributed by atoms with Crippen molar-refractivity contribution in [2.45, 2.75) is 44.7 Å². The van der Waals surface area contributed by atoms with E-state index >= 15 is 0 Å². The second kappa shape index (κ2) is 7.78. The predicted molar refractivity (Wildman–Crippen MR) is 116 cm³/mol. The number of carbonyl (C=O) groups is 1. The summed E-state index contributed by atoms with van der Waals surface area (Å²) in [6.45, 7) is 0.461. The number of benzene rings is 1. The Balaban J connectivity index is 1.30. The molecule has 6 nitrogen and oxygen atoms in total. The Morgan fingerprint density at radius 1 is 1.10 bits per heavy atom. The molecule has 1 aliphatic rings. The number of nitrogens with one attached hydrogen (secondary N) is 1. The molecular formula is C24H24N4O2. The lowest BCUT2D eigenvalue weighted by molar-refractivity contribution is -0.122. The highest BCUT2D eigenvalue weighted by Crippen LogP contribution is 2.29. The molecule has 30 heavy (non-hydrogen) atoms. The number of rotatable bonds is 5. The van der Waals surface area contributed by atoms with E-state index in [0.717, 1.165) is 24.8 Å². The van der Waals surface area contributed by atoms with Crippen LogP contribution in [0.2, 0.25) is 0 Å². The van der Waals surface area contributed by atoms with E-state index in [1.807, 2.05) is 40.9 Å². The molecule has 152 valence electrons. The van der Waals surface area contributed by atoms with E-state index in [2.05, 4.69) is 28.5 Å². The number of pyridine rings is 1. The average Bonchev–Trinajstić information content (AvgIpc) is 3.27. The molecule has 0 spiro atoms. The molecule has 3 aromatic heterocycles. The maximum Gasteiger partial charge on any atom is 0.276 e. The maximum atomic E-state index is 12.9. The summed E-state index contributed by atoms with van der Waals surface area (Å²) in [6.07, 6.45) is 7.68. The fraction of sp³-hybridized carbons (Fsp3) is 0.292. The third-order valence-electron chi connectivity index (χ3n) is 5.98. The number of aryl methyl sites for hydroxylation is 2. The summed E-state index contributed by atoms with van der Waals surface area (Å²) in [7, 11) is 0. The summed E-state index contributed by atoms with van der Waals surface area (Å²) in [6, 6.07) is 15.9. The second-order valence-corrected chi connectivity index (χ2v) is 7.88. The number of hydrogen-bond acceptors (Lipinski definition) is 3. The standard InChI is InChI=1S/C24H24N4O2/c29-22(26-19-10-3-8-17-7-1-2-9-18(17)19)13-6-16-28-23-20(11-4-14-25-23)27-15-5-12-21(27)24(28)30/h1-2,4-5,7,9,11-12,14-15,19H,3,6,8,10,13,16H2,(H,26,29)/t19-/m0/s1. The molecular weight excluding hydrogens is 376 g/mol. The molecule has 0 aliphatic heterocycles. The molecule has 1 amide bonds. The van der Waals surface area contributed by atoms with Crippen molar-refractivity contribution in [2.24, 2.45) is 0 Å². The first-order chi connectivity index (χ1) is 14.7. The van der Waals surface area contributed by atoms with E-state index in [9.17, 15) is 9.59 Å². The van der Waals surface area contributed by atoms with Gasteiger partial charge < -0.3 is 9.72 Å². The molecule has 1 atom stereocenters. The van der Waals surface area contributed by atoms with Gasteiger partial charge in [-0.25, -0.2) is 4.98 Å². The molecule has 0 bridgehead atoms. The fourth-order valence-electron chi connectivity index (χ4n) is 4.56. The molecule has 5 rings (SSSR count). The van der Waals surface area contributed by atoms with Gasteiger partial charge in [0.2, 0.25) is 5.91 Å². The highest BCUT2D eigenvalue weighted by molar-refractivity contribution is 5.77. The number of hydrogen-bond donors (Lipinski definition) is 1. The summed E-state index contributed by atoms with van der Waals surface area (Å²) in [5, 5.41) is 3.19. The monoisotopic (exact) mass is 400 g/mol. The van der Waals surface area contributed by atoms with Gasteiger partial charge in [-0.2, -0.15) is 0 Å². The summed E-state index contributed by atoms with van der Waals surface area (Å²) in [5.41, 5.74) is 4.65. The Morgan fingerprint density at radius 2 is 1.97 bits per heavy atom. The topological polar surface area (TPSA) is 68.4 Å². The third kappa shape index (κ3) is 3.28. The summed E-state index contributed by atoms with van der Waals surface area (Å²) in [5.74, 6) is 0.0331. The number of carbonyl (C=O) groups excluding carboxylic acids is 1. The van der Waals surface area contributed by atoms with Crippen molar-refractivity contribution < 1.29 is 4.79 Å². The third-order valence-corrected chi connectivity index (χ3v) is 5.98. The van der Waals surface area contributed by atoms with Gasteiger partial charge in [0, 0.05) is 25.4 Å². The number of amides is 1. The first kappa shape index (κ1) is 18.6. The van der Waals surface area contributed by atoms with Gasteiger partial charge in [-0.3, -0.25) is 14.2 Å². The lowest BCUT2D eigenvalue weighted by atomic mass is 9.87. The minimum absolute atomic E-state index is 0.0331. The lowest BCUT2D eigenvalue weighted by Crippen LogP contribution is -2.31. The Bertz CT molecular complexity index is 1290. The quantitative estimate of drug-likeness (QED) is 0.556. The molecule has 1 N–H and O–H groups in total. The Morgan fingerprint density at radius 3 is 2.90 bits per heavy atom. The van der Waals surface area contributed by atoms with Crippen LogP contribution in [0.1, 0.15) is 42.9 Å². The van der Waals surface area contributed by atoms with Crippen LogP contribution in [-0.4, -0.2) is 19.9 Å². The van der Waals surface area contributed by atoms with Crippen molar-refractivity contribution in [2.75, 3.05) is 0 Å². The second-order valence-electron chi connectivity index (χ2n) is 7.88. The number of aromatic nitrogens is 3. The van der Waals surface area contributed by atoms with Gasteiger partial charge in [0.15, 0.2) is 5.65 Å². The van der Waals surface area contributed by atoms with Crippen LogP contribution in [-0.2, 0) is 17.8 Å². The van der Waals surface area contributed by atoms with Crippen LogP contribution in [0.4, 0.5) is 0 Å². The Kier molecular flexibility index (Phi) is 4.83. The zero-order valence-corrected chi connectivity index (χ0v) is 16.8. The van der Waals surface area contributed by atoms with E-state index in [4.69, 9.17) is 0 Å². The van der Waals surface area contributed by atoms with Gasteiger partial charge in [-0.15, -0.1) is 0 Å². The molecule has 0 saturated carbocycles. The van der Waals surface area contributed by atoms with Crippen molar-refractivity contribution in [1.29, 1.82) is 0 Å². The first-order valence-electron chi connectivity index (χ1n) is 10.5. The first-order valence-corrected chi connectivity index (χ1v) is 10.5. The van der Waals surface area contributed by atoms with Crippen LogP contribution in [0.25, 0.3) is 16.7 Å². The highest BCUT2D eigenvalue weighted by Gasteiger charge is 2.21. The lowest BCUT2D eigenvalue weighted by Gasteiger charge is -2.26. The smallest absolute Gasteiger partial charge is 0.276 e. The van der Waals surface area contributed by atoms with E-state index in [1.165, 1.54) is 11.1 Å². The van der Waals surface area contributed by atoms with Crippen molar-refractivity contribution >= 4 is 22.6 Å². The zero-order chi connectivity index (χ0) is 20.5. The van der Waals surface area contributed by atoms with Gasteiger partial charge in [-0.05, 0) is 61.1 Å². The minimum atomic E-state index is -0.0761. The van der Waals surface area contributed by atoms with Gasteiger partial charge >= 0.3 is 0 Å². The average molecular weight is 400 g/mol. The van der Waals surface area contributed by atoms with Crippen molar-refractivity contribution in [3.63, 3.8) is 0 Å². The summed E-state index contributed by atoms with van der Waals surface area (Å²) in [4.78, 5) is 30.0. The van der Waals surface area contributed by atoms with Crippen molar-refractivity contribution in [1.82, 2.24) is 19.3 Å². The Hall–Kier alpha value is -3.41. The van der Waals surface area contributed by atoms with Crippen LogP contribution < -0.4 is 10.9 Å². The Labute approximate surface area is 174 Å². The van der Waals surface area contributed by atoms with Crippen molar-refractivity contribution in [3.05, 3.63) is 82.4 Å². The zero-order valence-electron chi connectivity index (χ0n) is 16.8. The molecule has 0 unspecified atom stereocenters. The predicted octanol–water partition coefficient (Wildman–Crippen LogP) is 3.62. The normalized spacial score (nSPS) is 15.9. The number of fused-ring (bicyclic) bond motifs is 4. The van der Waals surface area contributed by atoms with Gasteiger partial charge in [-0.1, -0.05) is 24.3 Å². The van der Waals surface area contributed by atoms with Crippen LogP contribution >= 0.6 is 0 Å². The van der Waals surface area contributed by atoms with Crippen LogP contribution in [0.15, 0.2) is 65.7 Å². The molecule has 0 radical (unpaired) electrons. The highest BCUT2D eigenvalue weighted by atomic mass is 16.1. The molecule has 1 aromatic carbocycles. The van der Waals surface area contributed by atoms with E-state index < -0.39 is 0 Å². The van der Waals surface area contributed by atoms with Gasteiger partial charge in [0.1, 0.15) is 5.52 Å². The summed E-state index contributed by atoms with van der Waals surface area (Å²) >= 11 is 0.